The van der Waals surface area contributed by atoms with Crippen molar-refractivity contribution in [1.29, 1.82) is 0 Å². The van der Waals surface area contributed by atoms with Gasteiger partial charge >= 0.3 is 0 Å². The Bertz CT molecular complexity index is 373. The van der Waals surface area contributed by atoms with Crippen molar-refractivity contribution in [3.63, 3.8) is 0 Å². The molecule has 1 heterocycles. The number of nitrogens with zero attached hydrogens (tertiary/aromatic N) is 2. The number of rotatable bonds is 7. The molecule has 1 aromatic heterocycles. The zero-order valence-electron chi connectivity index (χ0n) is 12.3. The van der Waals surface area contributed by atoms with E-state index in [-0.39, 0.29) is 12.1 Å². The molecule has 0 aromatic carbocycles. The van der Waals surface area contributed by atoms with Crippen LogP contribution in [0.15, 0.2) is 6.33 Å². The number of hydrogen-bond donors (Lipinski definition) is 2. The van der Waals surface area contributed by atoms with Gasteiger partial charge in [-0.15, -0.1) is 0 Å². The van der Waals surface area contributed by atoms with E-state index in [1.54, 1.807) is 0 Å². The summed E-state index contributed by atoms with van der Waals surface area (Å²) in [6.45, 7) is 11.6. The van der Waals surface area contributed by atoms with Gasteiger partial charge in [-0.1, -0.05) is 13.8 Å². The molecule has 1 aromatic rings. The van der Waals surface area contributed by atoms with Crippen molar-refractivity contribution in [2.75, 3.05) is 6.61 Å². The van der Waals surface area contributed by atoms with Crippen LogP contribution in [0.1, 0.15) is 45.0 Å². The summed E-state index contributed by atoms with van der Waals surface area (Å²) in [4.78, 5) is 4.30. The molecule has 0 fully saturated rings. The lowest BCUT2D eigenvalue weighted by Crippen LogP contribution is -2.49. The van der Waals surface area contributed by atoms with Gasteiger partial charge in [0.25, 0.3) is 0 Å². The molecule has 18 heavy (non-hydrogen) atoms. The van der Waals surface area contributed by atoms with Crippen LogP contribution in [0.4, 0.5) is 0 Å². The van der Waals surface area contributed by atoms with E-state index in [2.05, 4.69) is 42.6 Å². The second kappa shape index (κ2) is 6.34. The summed E-state index contributed by atoms with van der Waals surface area (Å²) < 4.78 is 2.18. The monoisotopic (exact) mass is 253 g/mol. The van der Waals surface area contributed by atoms with Crippen LogP contribution in [-0.2, 0) is 6.54 Å². The fourth-order valence-electron chi connectivity index (χ4n) is 2.30. The third-order valence-electron chi connectivity index (χ3n) is 3.46. The minimum absolute atomic E-state index is 0.174. The lowest BCUT2D eigenvalue weighted by atomic mass is 9.96. The summed E-state index contributed by atoms with van der Waals surface area (Å²) in [7, 11) is 0. The van der Waals surface area contributed by atoms with Gasteiger partial charge < -0.3 is 15.0 Å². The highest BCUT2D eigenvalue weighted by molar-refractivity contribution is 5.08. The van der Waals surface area contributed by atoms with Gasteiger partial charge in [-0.3, -0.25) is 0 Å². The largest absolute Gasteiger partial charge is 0.394 e. The summed E-state index contributed by atoms with van der Waals surface area (Å²) in [5.41, 5.74) is 2.15. The Morgan fingerprint density at radius 1 is 1.44 bits per heavy atom. The van der Waals surface area contributed by atoms with Gasteiger partial charge in [0, 0.05) is 23.8 Å². The SMILES string of the molecule is Cc1ncn(CCCC(C)(CO)NC(C)C)c1C. The maximum atomic E-state index is 9.51. The molecule has 0 radical (unpaired) electrons. The third-order valence-corrected chi connectivity index (χ3v) is 3.46. The first-order valence-corrected chi connectivity index (χ1v) is 6.75. The zero-order chi connectivity index (χ0) is 13.8. The van der Waals surface area contributed by atoms with E-state index in [4.69, 9.17) is 0 Å². The Morgan fingerprint density at radius 2 is 2.11 bits per heavy atom. The van der Waals surface area contributed by atoms with Crippen LogP contribution in [0.2, 0.25) is 0 Å². The van der Waals surface area contributed by atoms with Crippen molar-refractivity contribution in [3.8, 4) is 0 Å². The van der Waals surface area contributed by atoms with E-state index in [0.29, 0.717) is 6.04 Å². The number of aromatic nitrogens is 2. The Balaban J connectivity index is 2.47. The van der Waals surface area contributed by atoms with Gasteiger partial charge in [0.2, 0.25) is 0 Å². The van der Waals surface area contributed by atoms with Gasteiger partial charge in [-0.25, -0.2) is 4.98 Å². The van der Waals surface area contributed by atoms with Crippen molar-refractivity contribution >= 4 is 0 Å². The predicted molar refractivity (Wildman–Crippen MR) is 74.7 cm³/mol. The zero-order valence-corrected chi connectivity index (χ0v) is 12.3. The van der Waals surface area contributed by atoms with Crippen molar-refractivity contribution in [2.24, 2.45) is 0 Å². The average molecular weight is 253 g/mol. The molecule has 0 bridgehead atoms. The molecule has 0 saturated carbocycles. The Kier molecular flexibility index (Phi) is 5.35. The normalized spacial score (nSPS) is 15.1. The maximum Gasteiger partial charge on any atom is 0.0951 e. The first kappa shape index (κ1) is 15.2. The van der Waals surface area contributed by atoms with Crippen LogP contribution >= 0.6 is 0 Å². The number of hydrogen-bond acceptors (Lipinski definition) is 3. The third kappa shape index (κ3) is 4.10. The Hall–Kier alpha value is -0.870. The number of nitrogens with one attached hydrogen (secondary N) is 1. The highest BCUT2D eigenvalue weighted by Gasteiger charge is 2.23. The molecular formula is C14H27N3O. The molecule has 0 aliphatic heterocycles. The van der Waals surface area contributed by atoms with Gasteiger partial charge in [0.05, 0.1) is 18.6 Å². The van der Waals surface area contributed by atoms with E-state index in [1.165, 1.54) is 5.69 Å². The molecule has 4 heteroatoms. The molecule has 0 amide bonds. The molecule has 4 nitrogen and oxygen atoms in total. The van der Waals surface area contributed by atoms with E-state index in [0.717, 1.165) is 25.1 Å². The van der Waals surface area contributed by atoms with E-state index < -0.39 is 0 Å². The van der Waals surface area contributed by atoms with Crippen molar-refractivity contribution in [1.82, 2.24) is 14.9 Å². The Morgan fingerprint density at radius 3 is 2.56 bits per heavy atom. The van der Waals surface area contributed by atoms with Crippen LogP contribution in [0.3, 0.4) is 0 Å². The minimum Gasteiger partial charge on any atom is -0.394 e. The molecule has 0 spiro atoms. The van der Waals surface area contributed by atoms with Gasteiger partial charge in [0.1, 0.15) is 0 Å². The molecule has 104 valence electrons. The molecule has 1 atom stereocenters. The predicted octanol–water partition coefficient (Wildman–Crippen LogP) is 2.03. The maximum absolute atomic E-state index is 9.51. The molecule has 0 aliphatic carbocycles. The quantitative estimate of drug-likeness (QED) is 0.781. The first-order chi connectivity index (χ1) is 8.38. The molecule has 1 unspecified atom stereocenters. The van der Waals surface area contributed by atoms with Crippen LogP contribution < -0.4 is 5.32 Å². The van der Waals surface area contributed by atoms with Crippen LogP contribution in [-0.4, -0.2) is 32.8 Å². The number of aliphatic hydroxyl groups excluding tert-OH is 1. The molecule has 1 rings (SSSR count). The fourth-order valence-corrected chi connectivity index (χ4v) is 2.30. The molecule has 0 aliphatic rings. The summed E-state index contributed by atoms with van der Waals surface area (Å²) in [6, 6.07) is 0.388. The van der Waals surface area contributed by atoms with Gasteiger partial charge in [-0.05, 0) is 33.6 Å². The summed E-state index contributed by atoms with van der Waals surface area (Å²) in [5, 5.41) is 12.9. The first-order valence-electron chi connectivity index (χ1n) is 6.75. The van der Waals surface area contributed by atoms with E-state index >= 15 is 0 Å². The van der Waals surface area contributed by atoms with Crippen molar-refractivity contribution in [3.05, 3.63) is 17.7 Å². The lowest BCUT2D eigenvalue weighted by molar-refractivity contribution is 0.153. The summed E-state index contributed by atoms with van der Waals surface area (Å²) in [5.74, 6) is 0. The second-order valence-electron chi connectivity index (χ2n) is 5.73. The van der Waals surface area contributed by atoms with Gasteiger partial charge in [0.15, 0.2) is 0 Å². The fraction of sp³-hybridized carbons (Fsp3) is 0.786. The summed E-state index contributed by atoms with van der Waals surface area (Å²) >= 11 is 0. The Labute approximate surface area is 110 Å². The molecular weight excluding hydrogens is 226 g/mol. The average Bonchev–Trinajstić information content (AvgIpc) is 2.60. The van der Waals surface area contributed by atoms with Crippen molar-refractivity contribution in [2.45, 2.75) is 65.6 Å². The second-order valence-corrected chi connectivity index (χ2v) is 5.73. The number of aliphatic hydroxyl groups is 1. The number of imidazole rings is 1. The van der Waals surface area contributed by atoms with E-state index in [1.807, 2.05) is 13.3 Å². The van der Waals surface area contributed by atoms with Crippen LogP contribution in [0.25, 0.3) is 0 Å². The highest BCUT2D eigenvalue weighted by atomic mass is 16.3. The topological polar surface area (TPSA) is 50.1 Å². The standard InChI is InChI=1S/C14H27N3O/c1-11(2)16-14(5,9-18)7-6-8-17-10-15-12(3)13(17)4/h10-11,16,18H,6-9H2,1-5H3. The van der Waals surface area contributed by atoms with Crippen LogP contribution in [0, 0.1) is 13.8 Å². The van der Waals surface area contributed by atoms with Gasteiger partial charge in [-0.2, -0.15) is 0 Å². The number of aryl methyl sites for hydroxylation is 2. The van der Waals surface area contributed by atoms with Crippen molar-refractivity contribution < 1.29 is 5.11 Å². The highest BCUT2D eigenvalue weighted by Crippen LogP contribution is 2.14. The summed E-state index contributed by atoms with van der Waals surface area (Å²) in [6.07, 6.45) is 3.89. The van der Waals surface area contributed by atoms with Crippen LogP contribution in [0.5, 0.6) is 0 Å². The van der Waals surface area contributed by atoms with E-state index in [9.17, 15) is 5.11 Å². The smallest absolute Gasteiger partial charge is 0.0951 e. The molecule has 0 saturated heterocycles. The minimum atomic E-state index is -0.183. The lowest BCUT2D eigenvalue weighted by Gasteiger charge is -2.31. The molecule has 2 N–H and O–H groups in total.